The molecule has 30 heavy (non-hydrogen) atoms. The molecule has 0 fully saturated rings. The van der Waals surface area contributed by atoms with Gasteiger partial charge in [0.05, 0.1) is 6.20 Å². The molecule has 0 radical (unpaired) electrons. The Morgan fingerprint density at radius 2 is 1.87 bits per heavy atom. The van der Waals surface area contributed by atoms with E-state index in [1.54, 1.807) is 4.68 Å². The second kappa shape index (κ2) is 7.96. The normalized spacial score (nSPS) is 15.7. The summed E-state index contributed by atoms with van der Waals surface area (Å²) in [6.07, 6.45) is 5.54. The number of pyridine rings is 2. The third-order valence-corrected chi connectivity index (χ3v) is 5.07. The molecule has 3 aromatic heterocycles. The number of aromatic nitrogens is 4. The molecule has 4 heterocycles. The second-order valence-electron chi connectivity index (χ2n) is 7.27. The molecule has 0 saturated carbocycles. The van der Waals surface area contributed by atoms with Gasteiger partial charge in [0.2, 0.25) is 5.88 Å². The van der Waals surface area contributed by atoms with Crippen molar-refractivity contribution in [3.63, 3.8) is 0 Å². The zero-order chi connectivity index (χ0) is 20.3. The van der Waals surface area contributed by atoms with Crippen LogP contribution in [0.15, 0.2) is 73.2 Å². The molecular formula is C23H22N6O. The summed E-state index contributed by atoms with van der Waals surface area (Å²) in [6, 6.07) is 18.1. The maximum atomic E-state index is 6.26. The molecule has 1 aliphatic heterocycles. The average molecular weight is 398 g/mol. The molecule has 0 bridgehead atoms. The molecule has 1 aliphatic rings. The molecule has 0 spiro atoms. The van der Waals surface area contributed by atoms with Gasteiger partial charge in [-0.15, -0.1) is 0 Å². The summed E-state index contributed by atoms with van der Waals surface area (Å²) in [6.45, 7) is 1.46. The Balaban J connectivity index is 1.34. The van der Waals surface area contributed by atoms with E-state index in [1.165, 1.54) is 0 Å². The average Bonchev–Trinajstić information content (AvgIpc) is 3.10. The van der Waals surface area contributed by atoms with Gasteiger partial charge >= 0.3 is 0 Å². The summed E-state index contributed by atoms with van der Waals surface area (Å²) in [5.74, 6) is 2.07. The summed E-state index contributed by atoms with van der Waals surface area (Å²) < 4.78 is 8.03. The molecule has 0 saturated heterocycles. The van der Waals surface area contributed by atoms with Gasteiger partial charge in [-0.2, -0.15) is 10.1 Å². The summed E-state index contributed by atoms with van der Waals surface area (Å²) in [5.41, 5.74) is 4.22. The van der Waals surface area contributed by atoms with Crippen LogP contribution in [0.4, 0.5) is 11.6 Å². The van der Waals surface area contributed by atoms with Crippen molar-refractivity contribution < 1.29 is 4.74 Å². The van der Waals surface area contributed by atoms with Crippen LogP contribution >= 0.6 is 0 Å². The SMILES string of the molecule is Cn1cc(-c2ccc(Nc3ccc4c(n3)OC(c3ccccc3)CNC4)nc2)cn1. The van der Waals surface area contributed by atoms with Gasteiger partial charge in [-0.05, 0) is 29.8 Å². The summed E-state index contributed by atoms with van der Waals surface area (Å²) >= 11 is 0. The third kappa shape index (κ3) is 3.88. The van der Waals surface area contributed by atoms with Gasteiger partial charge in [0.25, 0.3) is 0 Å². The number of nitrogens with one attached hydrogen (secondary N) is 2. The van der Waals surface area contributed by atoms with Crippen molar-refractivity contribution in [2.45, 2.75) is 12.6 Å². The highest BCUT2D eigenvalue weighted by molar-refractivity contribution is 5.63. The lowest BCUT2D eigenvalue weighted by atomic mass is 10.1. The number of hydrogen-bond acceptors (Lipinski definition) is 6. The monoisotopic (exact) mass is 398 g/mol. The van der Waals surface area contributed by atoms with Gasteiger partial charge in [-0.3, -0.25) is 4.68 Å². The molecular weight excluding hydrogens is 376 g/mol. The zero-order valence-electron chi connectivity index (χ0n) is 16.6. The Morgan fingerprint density at radius 1 is 1.00 bits per heavy atom. The second-order valence-corrected chi connectivity index (χ2v) is 7.27. The summed E-state index contributed by atoms with van der Waals surface area (Å²) in [4.78, 5) is 9.21. The van der Waals surface area contributed by atoms with E-state index in [4.69, 9.17) is 9.72 Å². The molecule has 0 aliphatic carbocycles. The smallest absolute Gasteiger partial charge is 0.220 e. The van der Waals surface area contributed by atoms with Gasteiger partial charge in [0.1, 0.15) is 17.7 Å². The van der Waals surface area contributed by atoms with Crippen LogP contribution in [-0.4, -0.2) is 26.3 Å². The molecule has 4 aromatic rings. The van der Waals surface area contributed by atoms with Crippen LogP contribution in [0.25, 0.3) is 11.1 Å². The van der Waals surface area contributed by atoms with Crippen LogP contribution in [0.5, 0.6) is 5.88 Å². The van der Waals surface area contributed by atoms with Crippen LogP contribution in [0.3, 0.4) is 0 Å². The minimum absolute atomic E-state index is 0.0768. The maximum absolute atomic E-state index is 6.26. The van der Waals surface area contributed by atoms with Gasteiger partial charge in [-0.1, -0.05) is 30.3 Å². The third-order valence-electron chi connectivity index (χ3n) is 5.07. The fourth-order valence-corrected chi connectivity index (χ4v) is 3.48. The Hall–Kier alpha value is -3.71. The fourth-order valence-electron chi connectivity index (χ4n) is 3.48. The minimum atomic E-state index is -0.0768. The Bertz CT molecular complexity index is 1140. The van der Waals surface area contributed by atoms with E-state index in [0.717, 1.165) is 41.2 Å². The van der Waals surface area contributed by atoms with E-state index in [-0.39, 0.29) is 6.10 Å². The topological polar surface area (TPSA) is 76.9 Å². The van der Waals surface area contributed by atoms with Gasteiger partial charge < -0.3 is 15.4 Å². The molecule has 1 aromatic carbocycles. The first-order valence-corrected chi connectivity index (χ1v) is 9.89. The van der Waals surface area contributed by atoms with E-state index < -0.39 is 0 Å². The van der Waals surface area contributed by atoms with E-state index in [1.807, 2.05) is 68.1 Å². The minimum Gasteiger partial charge on any atom is -0.468 e. The molecule has 5 rings (SSSR count). The number of anilines is 2. The highest BCUT2D eigenvalue weighted by Crippen LogP contribution is 2.28. The van der Waals surface area contributed by atoms with Crippen LogP contribution in [0, 0.1) is 0 Å². The molecule has 7 nitrogen and oxygen atoms in total. The predicted octanol–water partition coefficient (Wildman–Crippen LogP) is 3.84. The lowest BCUT2D eigenvalue weighted by molar-refractivity contribution is 0.202. The molecule has 1 atom stereocenters. The lowest BCUT2D eigenvalue weighted by Gasteiger charge is -2.17. The first kappa shape index (κ1) is 18.3. The molecule has 7 heteroatoms. The molecule has 0 amide bonds. The van der Waals surface area contributed by atoms with Crippen molar-refractivity contribution >= 4 is 11.6 Å². The van der Waals surface area contributed by atoms with E-state index >= 15 is 0 Å². The highest BCUT2D eigenvalue weighted by atomic mass is 16.5. The summed E-state index contributed by atoms with van der Waals surface area (Å²) in [7, 11) is 1.90. The number of benzene rings is 1. The standard InChI is InChI=1S/C23H22N6O/c1-29-15-19(13-26-29)17-7-9-21(25-12-17)27-22-10-8-18-11-24-14-20(30-23(18)28-22)16-5-3-2-4-6-16/h2-10,12-13,15,20,24H,11,14H2,1H3,(H,25,27,28). The Labute approximate surface area is 174 Å². The van der Waals surface area contributed by atoms with E-state index in [2.05, 4.69) is 32.8 Å². The number of aryl methyl sites for hydroxylation is 1. The van der Waals surface area contributed by atoms with Crippen molar-refractivity contribution in [3.8, 4) is 17.0 Å². The van der Waals surface area contributed by atoms with E-state index in [9.17, 15) is 0 Å². The Kier molecular flexibility index (Phi) is 4.86. The van der Waals surface area contributed by atoms with Crippen molar-refractivity contribution in [1.29, 1.82) is 0 Å². The van der Waals surface area contributed by atoms with Crippen molar-refractivity contribution in [2.75, 3.05) is 11.9 Å². The largest absolute Gasteiger partial charge is 0.468 e. The number of hydrogen-bond donors (Lipinski definition) is 2. The summed E-state index contributed by atoms with van der Waals surface area (Å²) in [5, 5.41) is 10.9. The number of ether oxygens (including phenoxy) is 1. The van der Waals surface area contributed by atoms with Crippen molar-refractivity contribution in [2.24, 2.45) is 7.05 Å². The molecule has 150 valence electrons. The highest BCUT2D eigenvalue weighted by Gasteiger charge is 2.20. The van der Waals surface area contributed by atoms with Crippen LogP contribution in [0.1, 0.15) is 17.2 Å². The Morgan fingerprint density at radius 3 is 2.63 bits per heavy atom. The molecule has 1 unspecified atom stereocenters. The van der Waals surface area contributed by atoms with Crippen LogP contribution in [-0.2, 0) is 13.6 Å². The van der Waals surface area contributed by atoms with Gasteiger partial charge in [0.15, 0.2) is 0 Å². The zero-order valence-corrected chi connectivity index (χ0v) is 16.6. The number of fused-ring (bicyclic) bond motifs is 1. The predicted molar refractivity (Wildman–Crippen MR) is 115 cm³/mol. The first-order chi connectivity index (χ1) is 14.7. The first-order valence-electron chi connectivity index (χ1n) is 9.89. The van der Waals surface area contributed by atoms with E-state index in [0.29, 0.717) is 11.7 Å². The van der Waals surface area contributed by atoms with Gasteiger partial charge in [0, 0.05) is 49.2 Å². The van der Waals surface area contributed by atoms with Crippen LogP contribution in [0.2, 0.25) is 0 Å². The fraction of sp³-hybridized carbons (Fsp3) is 0.174. The van der Waals surface area contributed by atoms with Gasteiger partial charge in [-0.25, -0.2) is 4.98 Å². The molecule has 2 N–H and O–H groups in total. The maximum Gasteiger partial charge on any atom is 0.220 e. The quantitative estimate of drug-likeness (QED) is 0.544. The lowest BCUT2D eigenvalue weighted by Crippen LogP contribution is -2.21. The number of rotatable bonds is 4. The van der Waals surface area contributed by atoms with Crippen LogP contribution < -0.4 is 15.4 Å². The van der Waals surface area contributed by atoms with Crippen molar-refractivity contribution in [1.82, 2.24) is 25.1 Å². The van der Waals surface area contributed by atoms with Crippen molar-refractivity contribution in [3.05, 3.63) is 84.3 Å². The number of nitrogens with zero attached hydrogens (tertiary/aromatic N) is 4.